The summed E-state index contributed by atoms with van der Waals surface area (Å²) in [7, 11) is 0. The summed E-state index contributed by atoms with van der Waals surface area (Å²) < 4.78 is 11.6. The lowest BCUT2D eigenvalue weighted by Gasteiger charge is -2.49. The second-order valence-electron chi connectivity index (χ2n) is 7.87. The SMILES string of the molecule is CCCCCCCCC(O)C=CC1C(O)C[C@H]2[C@H]1CC21OCCO1. The Hall–Kier alpha value is -0.420. The van der Waals surface area contributed by atoms with Crippen LogP contribution in [0, 0.1) is 17.8 Å². The highest BCUT2D eigenvalue weighted by Gasteiger charge is 2.64. The van der Waals surface area contributed by atoms with Gasteiger partial charge in [-0.2, -0.15) is 0 Å². The molecule has 0 amide bonds. The summed E-state index contributed by atoms with van der Waals surface area (Å²) in [5, 5.41) is 20.5. The number of aliphatic hydroxyl groups excluding tert-OH is 2. The predicted molar refractivity (Wildman–Crippen MR) is 93.5 cm³/mol. The molecule has 2 saturated carbocycles. The second-order valence-corrected chi connectivity index (χ2v) is 7.87. The molecule has 0 radical (unpaired) electrons. The third-order valence-electron chi connectivity index (χ3n) is 6.22. The van der Waals surface area contributed by atoms with E-state index in [-0.39, 0.29) is 18.1 Å². The first kappa shape index (κ1) is 18.4. The van der Waals surface area contributed by atoms with E-state index in [1.807, 2.05) is 6.08 Å². The molecule has 0 aromatic heterocycles. The Bertz CT molecular complexity index is 416. The van der Waals surface area contributed by atoms with Crippen molar-refractivity contribution >= 4 is 0 Å². The van der Waals surface area contributed by atoms with Gasteiger partial charge in [-0.1, -0.05) is 57.6 Å². The van der Waals surface area contributed by atoms with Gasteiger partial charge in [-0.3, -0.25) is 0 Å². The molecule has 3 fully saturated rings. The molecule has 1 saturated heterocycles. The molecule has 5 atom stereocenters. The fourth-order valence-corrected chi connectivity index (χ4v) is 4.81. The van der Waals surface area contributed by atoms with Crippen molar-refractivity contribution in [1.29, 1.82) is 0 Å². The lowest BCUT2D eigenvalue weighted by atomic mass is 9.67. The molecule has 0 bridgehead atoms. The zero-order valence-corrected chi connectivity index (χ0v) is 15.0. The first-order chi connectivity index (χ1) is 11.7. The van der Waals surface area contributed by atoms with E-state index in [0.717, 1.165) is 25.7 Å². The van der Waals surface area contributed by atoms with Crippen molar-refractivity contribution in [2.75, 3.05) is 13.2 Å². The molecule has 4 heteroatoms. The van der Waals surface area contributed by atoms with E-state index in [9.17, 15) is 10.2 Å². The molecule has 138 valence electrons. The Kier molecular flexibility index (Phi) is 6.36. The van der Waals surface area contributed by atoms with Crippen LogP contribution in [0.2, 0.25) is 0 Å². The molecule has 0 aromatic carbocycles. The minimum atomic E-state index is -0.397. The van der Waals surface area contributed by atoms with Crippen molar-refractivity contribution in [2.24, 2.45) is 17.8 Å². The van der Waals surface area contributed by atoms with Crippen molar-refractivity contribution < 1.29 is 19.7 Å². The summed E-state index contributed by atoms with van der Waals surface area (Å²) in [4.78, 5) is 0. The highest BCUT2D eigenvalue weighted by atomic mass is 16.7. The van der Waals surface area contributed by atoms with E-state index in [1.165, 1.54) is 32.1 Å². The number of fused-ring (bicyclic) bond motifs is 2. The van der Waals surface area contributed by atoms with Gasteiger partial charge in [0.1, 0.15) is 0 Å². The first-order valence-corrected chi connectivity index (χ1v) is 9.98. The van der Waals surface area contributed by atoms with Crippen LogP contribution in [0.4, 0.5) is 0 Å². The Labute approximate surface area is 146 Å². The summed E-state index contributed by atoms with van der Waals surface area (Å²) in [5.74, 6) is 0.509. The number of hydrogen-bond acceptors (Lipinski definition) is 4. The molecular weight excluding hydrogens is 304 g/mol. The molecule has 2 aliphatic carbocycles. The van der Waals surface area contributed by atoms with Crippen molar-refractivity contribution in [2.45, 2.75) is 82.7 Å². The molecule has 1 aliphatic heterocycles. The normalized spacial score (nSPS) is 35.5. The van der Waals surface area contributed by atoms with Crippen LogP contribution in [0.3, 0.4) is 0 Å². The first-order valence-electron chi connectivity index (χ1n) is 9.98. The van der Waals surface area contributed by atoms with E-state index >= 15 is 0 Å². The average Bonchev–Trinajstić information content (AvgIpc) is 3.15. The maximum Gasteiger partial charge on any atom is 0.171 e. The molecule has 0 aromatic rings. The standard InChI is InChI=1S/C20H34O4/c1-2-3-4-5-6-7-8-15(21)9-10-16-17-14-20(23-11-12-24-20)18(17)13-19(16)22/h9-10,15-19,21-22H,2-8,11-14H2,1H3/t15?,16?,17-,18-,19?/m0/s1. The Morgan fingerprint density at radius 2 is 1.83 bits per heavy atom. The van der Waals surface area contributed by atoms with Gasteiger partial charge in [0.15, 0.2) is 5.79 Å². The third-order valence-corrected chi connectivity index (χ3v) is 6.22. The van der Waals surface area contributed by atoms with E-state index in [1.54, 1.807) is 0 Å². The number of rotatable bonds is 9. The quantitative estimate of drug-likeness (QED) is 0.500. The fourth-order valence-electron chi connectivity index (χ4n) is 4.81. The lowest BCUT2D eigenvalue weighted by Crippen LogP contribution is -2.53. The van der Waals surface area contributed by atoms with Gasteiger partial charge >= 0.3 is 0 Å². The lowest BCUT2D eigenvalue weighted by molar-refractivity contribution is -0.270. The maximum atomic E-state index is 10.4. The smallest absolute Gasteiger partial charge is 0.171 e. The van der Waals surface area contributed by atoms with E-state index in [2.05, 4.69) is 13.0 Å². The summed E-state index contributed by atoms with van der Waals surface area (Å²) in [6.07, 6.45) is 13.2. The molecule has 3 aliphatic rings. The highest BCUT2D eigenvalue weighted by molar-refractivity contribution is 5.14. The summed E-state index contributed by atoms with van der Waals surface area (Å²) >= 11 is 0. The van der Waals surface area contributed by atoms with Gasteiger partial charge in [-0.05, 0) is 18.8 Å². The summed E-state index contributed by atoms with van der Waals surface area (Å²) in [5.41, 5.74) is 0. The molecule has 1 heterocycles. The minimum Gasteiger partial charge on any atom is -0.392 e. The molecule has 24 heavy (non-hydrogen) atoms. The largest absolute Gasteiger partial charge is 0.392 e. The van der Waals surface area contributed by atoms with Crippen LogP contribution in [0.5, 0.6) is 0 Å². The molecule has 4 nitrogen and oxygen atoms in total. The van der Waals surface area contributed by atoms with E-state index in [0.29, 0.717) is 25.0 Å². The molecular formula is C20H34O4. The van der Waals surface area contributed by atoms with Gasteiger partial charge in [-0.15, -0.1) is 0 Å². The van der Waals surface area contributed by atoms with Gasteiger partial charge in [0.05, 0.1) is 25.4 Å². The van der Waals surface area contributed by atoms with Gasteiger partial charge in [0.2, 0.25) is 0 Å². The van der Waals surface area contributed by atoms with Crippen molar-refractivity contribution in [3.8, 4) is 0 Å². The maximum absolute atomic E-state index is 10.4. The number of hydrogen-bond donors (Lipinski definition) is 2. The van der Waals surface area contributed by atoms with Crippen LogP contribution < -0.4 is 0 Å². The summed E-state index contributed by atoms with van der Waals surface area (Å²) in [6.45, 7) is 3.58. The molecule has 2 N–H and O–H groups in total. The van der Waals surface area contributed by atoms with Crippen LogP contribution in [0.15, 0.2) is 12.2 Å². The average molecular weight is 338 g/mol. The Balaban J connectivity index is 1.38. The van der Waals surface area contributed by atoms with Crippen molar-refractivity contribution in [3.63, 3.8) is 0 Å². The van der Waals surface area contributed by atoms with Gasteiger partial charge in [-0.25, -0.2) is 0 Å². The van der Waals surface area contributed by atoms with Crippen molar-refractivity contribution in [3.05, 3.63) is 12.2 Å². The van der Waals surface area contributed by atoms with Gasteiger partial charge in [0.25, 0.3) is 0 Å². The number of ether oxygens (including phenoxy) is 2. The monoisotopic (exact) mass is 338 g/mol. The van der Waals surface area contributed by atoms with E-state index < -0.39 is 5.79 Å². The number of unbranched alkanes of at least 4 members (excludes halogenated alkanes) is 5. The Morgan fingerprint density at radius 1 is 1.12 bits per heavy atom. The minimum absolute atomic E-state index is 0.146. The van der Waals surface area contributed by atoms with Gasteiger partial charge in [0, 0.05) is 18.3 Å². The Morgan fingerprint density at radius 3 is 2.58 bits per heavy atom. The van der Waals surface area contributed by atoms with Crippen LogP contribution >= 0.6 is 0 Å². The number of aliphatic hydroxyl groups is 2. The van der Waals surface area contributed by atoms with E-state index in [4.69, 9.17) is 9.47 Å². The second kappa shape index (κ2) is 8.31. The molecule has 3 rings (SSSR count). The zero-order chi connectivity index (χ0) is 17.0. The predicted octanol–water partition coefficient (Wildman–Crippen LogP) is 3.41. The molecule has 1 spiro atoms. The fraction of sp³-hybridized carbons (Fsp3) is 0.900. The summed E-state index contributed by atoms with van der Waals surface area (Å²) in [6, 6.07) is 0. The van der Waals surface area contributed by atoms with Crippen LogP contribution in [-0.4, -0.2) is 41.4 Å². The van der Waals surface area contributed by atoms with Crippen LogP contribution in [-0.2, 0) is 9.47 Å². The van der Waals surface area contributed by atoms with Gasteiger partial charge < -0.3 is 19.7 Å². The highest BCUT2D eigenvalue weighted by Crippen LogP contribution is 2.60. The van der Waals surface area contributed by atoms with Crippen molar-refractivity contribution in [1.82, 2.24) is 0 Å². The molecule has 3 unspecified atom stereocenters. The van der Waals surface area contributed by atoms with Crippen LogP contribution in [0.1, 0.15) is 64.7 Å². The topological polar surface area (TPSA) is 58.9 Å². The third kappa shape index (κ3) is 3.87. The van der Waals surface area contributed by atoms with Crippen LogP contribution in [0.25, 0.3) is 0 Å². The zero-order valence-electron chi connectivity index (χ0n) is 15.0.